The zero-order valence-electron chi connectivity index (χ0n) is 39.7. The average Bonchev–Trinajstić information content (AvgIpc) is 3.24. The van der Waals surface area contributed by atoms with Gasteiger partial charge in [-0.1, -0.05) is 198 Å². The molecule has 60 heavy (non-hydrogen) atoms. The number of allylic oxidation sites excluding steroid dienone is 8. The van der Waals surface area contributed by atoms with E-state index >= 15 is 0 Å². The predicted octanol–water partition coefficient (Wildman–Crippen LogP) is 16.7. The van der Waals surface area contributed by atoms with Gasteiger partial charge < -0.3 is 14.2 Å². The number of carbonyl (C=O) groups excluding carboxylic acids is 3. The van der Waals surface area contributed by atoms with Gasteiger partial charge in [-0.25, -0.2) is 0 Å². The Labute approximate surface area is 371 Å². The minimum absolute atomic E-state index is 0.0939. The topological polar surface area (TPSA) is 78.9 Å². The van der Waals surface area contributed by atoms with Gasteiger partial charge in [0.05, 0.1) is 0 Å². The number of hydrogen-bond donors (Lipinski definition) is 0. The predicted molar refractivity (Wildman–Crippen MR) is 256 cm³/mol. The van der Waals surface area contributed by atoms with Crippen LogP contribution < -0.4 is 0 Å². The second kappa shape index (κ2) is 49.0. The molecule has 0 aromatic carbocycles. The normalized spacial score (nSPS) is 12.4. The van der Waals surface area contributed by atoms with E-state index < -0.39 is 6.10 Å². The van der Waals surface area contributed by atoms with Crippen molar-refractivity contribution in [3.05, 3.63) is 48.6 Å². The first-order valence-electron chi connectivity index (χ1n) is 25.7. The number of esters is 3. The highest BCUT2D eigenvalue weighted by atomic mass is 16.6. The van der Waals surface area contributed by atoms with Crippen LogP contribution in [-0.4, -0.2) is 37.2 Å². The largest absolute Gasteiger partial charge is 0.462 e. The summed E-state index contributed by atoms with van der Waals surface area (Å²) in [5, 5.41) is 0. The summed E-state index contributed by atoms with van der Waals surface area (Å²) in [5.41, 5.74) is 0. The summed E-state index contributed by atoms with van der Waals surface area (Å²) in [6.07, 6.45) is 58.2. The van der Waals surface area contributed by atoms with Crippen LogP contribution in [0.1, 0.15) is 258 Å². The lowest BCUT2D eigenvalue weighted by Crippen LogP contribution is -2.30. The molecule has 1 unspecified atom stereocenters. The Bertz CT molecular complexity index is 1060. The number of carbonyl (C=O) groups is 3. The van der Waals surface area contributed by atoms with Crippen molar-refractivity contribution in [3.8, 4) is 0 Å². The molecule has 0 aromatic heterocycles. The summed E-state index contributed by atoms with van der Waals surface area (Å²) in [6.45, 7) is 6.55. The Morgan fingerprint density at radius 3 is 1.03 bits per heavy atom. The molecule has 0 aromatic rings. The molecule has 0 radical (unpaired) electrons. The molecular weight excluding hydrogens is 745 g/mol. The van der Waals surface area contributed by atoms with Crippen LogP contribution in [-0.2, 0) is 28.6 Å². The summed E-state index contributed by atoms with van der Waals surface area (Å²) in [6, 6.07) is 0. The highest BCUT2D eigenvalue weighted by Crippen LogP contribution is 2.14. The zero-order chi connectivity index (χ0) is 43.7. The van der Waals surface area contributed by atoms with E-state index in [1.54, 1.807) is 0 Å². The SMILES string of the molecule is CCCCCC/C=C\CCCC(=O)OCC(COC(=O)CCCCCCCCC/C=C\CCCCCCCC)OC(=O)CCCCC/C=C\C=C/CCCCCCCCC. The van der Waals surface area contributed by atoms with Crippen LogP contribution in [0.4, 0.5) is 0 Å². The van der Waals surface area contributed by atoms with Crippen molar-refractivity contribution >= 4 is 17.9 Å². The Balaban J connectivity index is 4.38. The summed E-state index contributed by atoms with van der Waals surface area (Å²) in [4.78, 5) is 37.8. The number of unbranched alkanes of at least 4 members (excludes halogenated alkanes) is 28. The van der Waals surface area contributed by atoms with Crippen molar-refractivity contribution in [2.45, 2.75) is 264 Å². The van der Waals surface area contributed by atoms with E-state index in [1.165, 1.54) is 148 Å². The number of ether oxygens (including phenoxy) is 3. The van der Waals surface area contributed by atoms with Crippen molar-refractivity contribution in [2.75, 3.05) is 13.2 Å². The van der Waals surface area contributed by atoms with Gasteiger partial charge >= 0.3 is 17.9 Å². The molecule has 0 saturated heterocycles. The molecule has 0 heterocycles. The summed E-state index contributed by atoms with van der Waals surface area (Å²) in [7, 11) is 0. The lowest BCUT2D eigenvalue weighted by molar-refractivity contribution is -0.167. The number of rotatable bonds is 46. The highest BCUT2D eigenvalue weighted by molar-refractivity contribution is 5.71. The molecule has 0 aliphatic heterocycles. The second-order valence-corrected chi connectivity index (χ2v) is 17.1. The molecule has 0 N–H and O–H groups in total. The van der Waals surface area contributed by atoms with E-state index in [4.69, 9.17) is 14.2 Å². The molecule has 0 amide bonds. The Morgan fingerprint density at radius 1 is 0.333 bits per heavy atom. The Hall–Kier alpha value is -2.63. The molecule has 0 fully saturated rings. The second-order valence-electron chi connectivity index (χ2n) is 17.1. The molecule has 6 nitrogen and oxygen atoms in total. The van der Waals surface area contributed by atoms with Crippen LogP contribution in [0.3, 0.4) is 0 Å². The van der Waals surface area contributed by atoms with Crippen LogP contribution in [0, 0.1) is 0 Å². The summed E-state index contributed by atoms with van der Waals surface area (Å²) >= 11 is 0. The monoisotopic (exact) mass is 841 g/mol. The first kappa shape index (κ1) is 57.4. The van der Waals surface area contributed by atoms with Crippen LogP contribution in [0.5, 0.6) is 0 Å². The molecule has 0 aliphatic rings. The summed E-state index contributed by atoms with van der Waals surface area (Å²) in [5.74, 6) is -0.958. The van der Waals surface area contributed by atoms with Crippen LogP contribution >= 0.6 is 0 Å². The van der Waals surface area contributed by atoms with E-state index in [0.717, 1.165) is 64.2 Å². The fourth-order valence-electron chi connectivity index (χ4n) is 7.14. The van der Waals surface area contributed by atoms with E-state index in [9.17, 15) is 14.4 Å². The van der Waals surface area contributed by atoms with Gasteiger partial charge in [-0.05, 0) is 89.9 Å². The minimum Gasteiger partial charge on any atom is -0.462 e. The summed E-state index contributed by atoms with van der Waals surface area (Å²) < 4.78 is 16.7. The Morgan fingerprint density at radius 2 is 0.617 bits per heavy atom. The quantitative estimate of drug-likeness (QED) is 0.0200. The van der Waals surface area contributed by atoms with E-state index in [0.29, 0.717) is 25.7 Å². The average molecular weight is 841 g/mol. The number of hydrogen-bond acceptors (Lipinski definition) is 6. The standard InChI is InChI=1S/C54H96O6/c1-4-7-10-13-16-19-21-23-25-27-29-30-32-35-38-41-44-47-53(56)59-50-51(49-58-52(55)46-43-40-37-34-18-15-12-9-6-3)60-54(57)48-45-42-39-36-33-31-28-26-24-22-20-17-14-11-8-5-2/h23,25-26,28,31,33-34,37,51H,4-22,24,27,29-30,32,35-36,38-50H2,1-3H3/b25-23-,28-26-,33-31-,37-34-. The smallest absolute Gasteiger partial charge is 0.306 e. The van der Waals surface area contributed by atoms with Gasteiger partial charge in [0.2, 0.25) is 0 Å². The van der Waals surface area contributed by atoms with Gasteiger partial charge in [0.15, 0.2) is 6.10 Å². The first-order chi connectivity index (χ1) is 29.5. The van der Waals surface area contributed by atoms with Crippen molar-refractivity contribution in [1.29, 1.82) is 0 Å². The van der Waals surface area contributed by atoms with Gasteiger partial charge in [-0.2, -0.15) is 0 Å². The molecule has 348 valence electrons. The van der Waals surface area contributed by atoms with Crippen LogP contribution in [0.25, 0.3) is 0 Å². The van der Waals surface area contributed by atoms with Gasteiger partial charge in [0, 0.05) is 19.3 Å². The fourth-order valence-corrected chi connectivity index (χ4v) is 7.14. The third-order valence-corrected chi connectivity index (χ3v) is 11.1. The lowest BCUT2D eigenvalue weighted by atomic mass is 10.1. The lowest BCUT2D eigenvalue weighted by Gasteiger charge is -2.18. The van der Waals surface area contributed by atoms with Crippen molar-refractivity contribution in [2.24, 2.45) is 0 Å². The Kier molecular flexibility index (Phi) is 46.9. The van der Waals surface area contributed by atoms with Crippen LogP contribution in [0.15, 0.2) is 48.6 Å². The molecule has 6 heteroatoms. The maximum Gasteiger partial charge on any atom is 0.306 e. The van der Waals surface area contributed by atoms with Crippen LogP contribution in [0.2, 0.25) is 0 Å². The molecule has 0 spiro atoms. The van der Waals surface area contributed by atoms with E-state index in [-0.39, 0.29) is 31.1 Å². The molecule has 0 rings (SSSR count). The maximum atomic E-state index is 12.8. The maximum absolute atomic E-state index is 12.8. The van der Waals surface area contributed by atoms with Gasteiger partial charge in [0.1, 0.15) is 13.2 Å². The molecular formula is C54H96O6. The van der Waals surface area contributed by atoms with Crippen molar-refractivity contribution in [3.63, 3.8) is 0 Å². The van der Waals surface area contributed by atoms with Gasteiger partial charge in [0.25, 0.3) is 0 Å². The third-order valence-electron chi connectivity index (χ3n) is 11.1. The molecule has 0 bridgehead atoms. The zero-order valence-corrected chi connectivity index (χ0v) is 39.7. The van der Waals surface area contributed by atoms with Crippen molar-refractivity contribution in [1.82, 2.24) is 0 Å². The van der Waals surface area contributed by atoms with Gasteiger partial charge in [-0.15, -0.1) is 0 Å². The molecule has 0 saturated carbocycles. The van der Waals surface area contributed by atoms with E-state index in [1.807, 2.05) is 0 Å². The fraction of sp³-hybridized carbons (Fsp3) is 0.796. The minimum atomic E-state index is -0.797. The first-order valence-corrected chi connectivity index (χ1v) is 25.7. The third kappa shape index (κ3) is 46.4. The molecule has 1 atom stereocenters. The van der Waals surface area contributed by atoms with Gasteiger partial charge in [-0.3, -0.25) is 14.4 Å². The highest BCUT2D eigenvalue weighted by Gasteiger charge is 2.19. The van der Waals surface area contributed by atoms with Crippen molar-refractivity contribution < 1.29 is 28.6 Å². The van der Waals surface area contributed by atoms with E-state index in [2.05, 4.69) is 69.4 Å². The molecule has 0 aliphatic carbocycles.